The van der Waals surface area contributed by atoms with E-state index >= 15 is 0 Å². The molecule has 0 spiro atoms. The molecule has 0 heterocycles. The van der Waals surface area contributed by atoms with Crippen molar-refractivity contribution in [1.82, 2.24) is 0 Å². The Morgan fingerprint density at radius 3 is 1.12 bits per heavy atom. The topological polar surface area (TPSA) is 0 Å². The number of halogens is 6. The van der Waals surface area contributed by atoms with Crippen molar-refractivity contribution in [3.8, 4) is 0 Å². The molecule has 0 aromatic heterocycles. The maximum Gasteiger partial charge on any atom is 0.166 e. The molecule has 0 saturated heterocycles. The minimum Gasteiger partial charge on any atom is -0.210 e. The van der Waals surface area contributed by atoms with Crippen LogP contribution in [0.25, 0.3) is 0 Å². The number of fused-ring (bicyclic) bond motifs is 1. The van der Waals surface area contributed by atoms with Crippen molar-refractivity contribution in [2.75, 3.05) is 0 Å². The number of hydrogen-bond donors (Lipinski definition) is 0. The van der Waals surface area contributed by atoms with Crippen molar-refractivity contribution >= 4 is 0 Å². The first-order valence-corrected chi connectivity index (χ1v) is 3.88. The molecule has 2 aliphatic rings. The van der Waals surface area contributed by atoms with E-state index in [4.69, 9.17) is 0 Å². The third-order valence-electron chi connectivity index (χ3n) is 1.95. The molecule has 0 aliphatic heterocycles. The molecular weight excluding hydrogens is 234 g/mol. The molecule has 82 valence electrons. The molecule has 0 aromatic carbocycles. The van der Waals surface area contributed by atoms with Gasteiger partial charge in [-0.15, -0.1) is 0 Å². The quantitative estimate of drug-likeness (QED) is 0.557. The first-order valence-electron chi connectivity index (χ1n) is 3.88. The zero-order chi connectivity index (χ0) is 12.0. The van der Waals surface area contributed by atoms with Gasteiger partial charge in [0.2, 0.25) is 0 Å². The first kappa shape index (κ1) is 11.0. The SMILES string of the molecule is FC1=C(F)C2=C(F)[C]C(F)=C(F)C2=C(F)[C]1. The fourth-order valence-electron chi connectivity index (χ4n) is 1.28. The summed E-state index contributed by atoms with van der Waals surface area (Å²) in [6, 6.07) is 0. The van der Waals surface area contributed by atoms with Crippen molar-refractivity contribution in [3.63, 3.8) is 0 Å². The van der Waals surface area contributed by atoms with Gasteiger partial charge in [0.05, 0.1) is 11.1 Å². The zero-order valence-corrected chi connectivity index (χ0v) is 7.27. The molecular formula is C10F6. The molecule has 0 amide bonds. The Bertz CT molecular complexity index is 445. The van der Waals surface area contributed by atoms with Gasteiger partial charge in [0.15, 0.2) is 23.3 Å². The molecule has 4 radical (unpaired) electrons. The van der Waals surface area contributed by atoms with Gasteiger partial charge >= 0.3 is 0 Å². The highest BCUT2D eigenvalue weighted by Crippen LogP contribution is 2.46. The smallest absolute Gasteiger partial charge is 0.166 e. The molecule has 0 unspecified atom stereocenters. The van der Waals surface area contributed by atoms with E-state index in [1.165, 1.54) is 12.8 Å². The van der Waals surface area contributed by atoms with Crippen LogP contribution in [0.5, 0.6) is 0 Å². The molecule has 0 fully saturated rings. The van der Waals surface area contributed by atoms with Crippen LogP contribution in [-0.2, 0) is 0 Å². The fourth-order valence-corrected chi connectivity index (χ4v) is 1.28. The first-order chi connectivity index (χ1) is 7.43. The Morgan fingerprint density at radius 1 is 0.500 bits per heavy atom. The second-order valence-electron chi connectivity index (χ2n) is 2.88. The Kier molecular flexibility index (Phi) is 2.44. The lowest BCUT2D eigenvalue weighted by Gasteiger charge is -2.19. The van der Waals surface area contributed by atoms with Crippen LogP contribution >= 0.6 is 0 Å². The van der Waals surface area contributed by atoms with Crippen LogP contribution in [0.15, 0.2) is 46.1 Å². The van der Waals surface area contributed by atoms with E-state index in [-0.39, 0.29) is 0 Å². The Balaban J connectivity index is 2.68. The van der Waals surface area contributed by atoms with E-state index in [0.29, 0.717) is 0 Å². The Morgan fingerprint density at radius 2 is 0.812 bits per heavy atom. The molecule has 2 aliphatic carbocycles. The molecule has 16 heavy (non-hydrogen) atoms. The molecule has 0 atom stereocenters. The van der Waals surface area contributed by atoms with E-state index in [2.05, 4.69) is 0 Å². The largest absolute Gasteiger partial charge is 0.210 e. The van der Waals surface area contributed by atoms with Gasteiger partial charge in [-0.1, -0.05) is 0 Å². The Hall–Kier alpha value is -1.46. The summed E-state index contributed by atoms with van der Waals surface area (Å²) in [5.41, 5.74) is -2.65. The van der Waals surface area contributed by atoms with Gasteiger partial charge in [0.25, 0.3) is 0 Å². The molecule has 0 bridgehead atoms. The second kappa shape index (κ2) is 3.54. The minimum atomic E-state index is -1.84. The van der Waals surface area contributed by atoms with Gasteiger partial charge in [-0.2, -0.15) is 0 Å². The van der Waals surface area contributed by atoms with Gasteiger partial charge in [-0.25, -0.2) is 26.3 Å². The lowest BCUT2D eigenvalue weighted by atomic mass is 9.90. The number of allylic oxidation sites excluding steroid dienone is 8. The molecule has 0 N–H and O–H groups in total. The average molecular weight is 234 g/mol. The van der Waals surface area contributed by atoms with E-state index in [0.717, 1.165) is 0 Å². The highest BCUT2D eigenvalue weighted by molar-refractivity contribution is 5.66. The lowest BCUT2D eigenvalue weighted by molar-refractivity contribution is 0.481. The molecule has 0 nitrogen and oxygen atoms in total. The van der Waals surface area contributed by atoms with Gasteiger partial charge < -0.3 is 0 Å². The third kappa shape index (κ3) is 1.40. The van der Waals surface area contributed by atoms with Crippen LogP contribution in [-0.4, -0.2) is 0 Å². The normalized spacial score (nSPS) is 22.1. The number of hydrogen-bond acceptors (Lipinski definition) is 0. The lowest BCUT2D eigenvalue weighted by Crippen LogP contribution is -2.11. The van der Waals surface area contributed by atoms with Crippen LogP contribution in [0, 0.1) is 12.8 Å². The van der Waals surface area contributed by atoms with Gasteiger partial charge in [0, 0.05) is 0 Å². The van der Waals surface area contributed by atoms with Gasteiger partial charge in [0.1, 0.15) is 24.5 Å². The maximum absolute atomic E-state index is 13.0. The minimum absolute atomic E-state index is 1.18. The van der Waals surface area contributed by atoms with Gasteiger partial charge in [-0.05, 0) is 0 Å². The molecule has 6 heteroatoms. The van der Waals surface area contributed by atoms with Crippen molar-refractivity contribution in [1.29, 1.82) is 0 Å². The monoisotopic (exact) mass is 234 g/mol. The third-order valence-corrected chi connectivity index (χ3v) is 1.95. The molecule has 0 aromatic rings. The summed E-state index contributed by atoms with van der Waals surface area (Å²) >= 11 is 0. The van der Waals surface area contributed by atoms with Crippen molar-refractivity contribution in [3.05, 3.63) is 58.9 Å². The highest BCUT2D eigenvalue weighted by atomic mass is 19.2. The van der Waals surface area contributed by atoms with Crippen molar-refractivity contribution in [2.24, 2.45) is 0 Å². The maximum atomic E-state index is 13.0. The van der Waals surface area contributed by atoms with Crippen LogP contribution < -0.4 is 0 Å². The van der Waals surface area contributed by atoms with Crippen LogP contribution in [0.3, 0.4) is 0 Å². The van der Waals surface area contributed by atoms with E-state index < -0.39 is 46.1 Å². The zero-order valence-electron chi connectivity index (χ0n) is 7.27. The molecule has 0 saturated carbocycles. The van der Waals surface area contributed by atoms with Crippen LogP contribution in [0.4, 0.5) is 26.3 Å². The second-order valence-corrected chi connectivity index (χ2v) is 2.88. The summed E-state index contributed by atoms with van der Waals surface area (Å²) < 4.78 is 77.4. The van der Waals surface area contributed by atoms with E-state index in [1.807, 2.05) is 0 Å². The van der Waals surface area contributed by atoms with Crippen LogP contribution in [0.2, 0.25) is 0 Å². The summed E-state index contributed by atoms with van der Waals surface area (Å²) in [5.74, 6) is -10.7. The summed E-state index contributed by atoms with van der Waals surface area (Å²) in [6.07, 6.45) is 2.36. The van der Waals surface area contributed by atoms with Crippen LogP contribution in [0.1, 0.15) is 0 Å². The standard InChI is InChI=1S/C10F6/c11-3-1-5(13)9(15)8-4(12)2-6(14)10(16)7(3)8. The van der Waals surface area contributed by atoms with E-state index in [9.17, 15) is 26.3 Å². The highest BCUT2D eigenvalue weighted by Gasteiger charge is 2.37. The number of rotatable bonds is 0. The summed E-state index contributed by atoms with van der Waals surface area (Å²) in [4.78, 5) is 0. The predicted octanol–water partition coefficient (Wildman–Crippen LogP) is 3.92. The summed E-state index contributed by atoms with van der Waals surface area (Å²) in [7, 11) is 0. The van der Waals surface area contributed by atoms with Gasteiger partial charge in [-0.3, -0.25) is 0 Å². The fraction of sp³-hybridized carbons (Fsp3) is 0. The van der Waals surface area contributed by atoms with Crippen molar-refractivity contribution < 1.29 is 26.3 Å². The average Bonchev–Trinajstić information content (AvgIpc) is 2.20. The summed E-state index contributed by atoms with van der Waals surface area (Å²) in [6.45, 7) is 0. The Labute approximate surface area is 86.2 Å². The summed E-state index contributed by atoms with van der Waals surface area (Å²) in [5, 5.41) is 0. The molecule has 2 rings (SSSR count). The van der Waals surface area contributed by atoms with Crippen molar-refractivity contribution in [2.45, 2.75) is 0 Å². The van der Waals surface area contributed by atoms with E-state index in [1.54, 1.807) is 0 Å². The predicted molar refractivity (Wildman–Crippen MR) is 41.2 cm³/mol.